The second kappa shape index (κ2) is 13.6. The van der Waals surface area contributed by atoms with Gasteiger partial charge in [-0.25, -0.2) is 8.42 Å². The summed E-state index contributed by atoms with van der Waals surface area (Å²) in [5.41, 5.74) is 2.56. The number of hydrogen-bond donors (Lipinski definition) is 1. The number of Topliss-reactive ketones (excluding diaryl/α,β-unsaturated/α-hetero) is 1. The molecule has 0 atom stereocenters. The zero-order valence-electron chi connectivity index (χ0n) is 21.6. The van der Waals surface area contributed by atoms with Crippen LogP contribution in [-0.2, 0) is 38.1 Å². The molecule has 1 amide bonds. The summed E-state index contributed by atoms with van der Waals surface area (Å²) in [6, 6.07) is 25.4. The summed E-state index contributed by atoms with van der Waals surface area (Å²) in [4.78, 5) is 24.5. The van der Waals surface area contributed by atoms with E-state index in [1.807, 2.05) is 24.3 Å². The van der Waals surface area contributed by atoms with Crippen molar-refractivity contribution in [3.8, 4) is 11.5 Å². The number of benzene rings is 3. The highest BCUT2D eigenvalue weighted by atomic mass is 32.2. The Morgan fingerprint density at radius 1 is 0.744 bits per heavy atom. The summed E-state index contributed by atoms with van der Waals surface area (Å²) >= 11 is 0. The first-order valence-electron chi connectivity index (χ1n) is 13.0. The number of nitrogens with one attached hydrogen (secondary N) is 1. The minimum Gasteiger partial charge on any atom is -0.419 e. The van der Waals surface area contributed by atoms with E-state index in [0.29, 0.717) is 17.5 Å². The van der Waals surface area contributed by atoms with Crippen LogP contribution in [0.4, 0.5) is 0 Å². The molecule has 0 radical (unpaired) electrons. The standard InChI is InChI=1S/C30H31N3O5S/c34-27(16-10-2-1-5-11-23-12-6-3-7-13-23)29(35)31-21-28-32-33-30(38-28)25-17-19-26(20-18-25)39(36,37)22-24-14-8-4-9-15-24/h3-4,6-9,12-15,17-20H,1-2,5,10-11,16,21-22H2,(H,31,35). The first-order valence-corrected chi connectivity index (χ1v) is 14.6. The van der Waals surface area contributed by atoms with Crippen LogP contribution in [0.3, 0.4) is 0 Å². The number of rotatable bonds is 14. The van der Waals surface area contributed by atoms with Crippen LogP contribution in [0.25, 0.3) is 11.5 Å². The van der Waals surface area contributed by atoms with E-state index in [2.05, 4.69) is 27.6 Å². The number of amides is 1. The van der Waals surface area contributed by atoms with Gasteiger partial charge in [-0.15, -0.1) is 10.2 Å². The predicted octanol–water partition coefficient (Wildman–Crippen LogP) is 5.09. The van der Waals surface area contributed by atoms with Crippen molar-refractivity contribution in [1.29, 1.82) is 0 Å². The SMILES string of the molecule is O=C(CCCCCCc1ccccc1)C(=O)NCc1nnc(-c2ccc(S(=O)(=O)Cc3ccccc3)cc2)o1. The summed E-state index contributed by atoms with van der Waals surface area (Å²) in [5, 5.41) is 10.4. The number of aryl methyl sites for hydroxylation is 1. The molecule has 0 aliphatic carbocycles. The van der Waals surface area contributed by atoms with Gasteiger partial charge < -0.3 is 9.73 Å². The number of nitrogens with zero attached hydrogens (tertiary/aromatic N) is 2. The lowest BCUT2D eigenvalue weighted by atomic mass is 10.0. The van der Waals surface area contributed by atoms with Crippen molar-refractivity contribution in [1.82, 2.24) is 15.5 Å². The van der Waals surface area contributed by atoms with E-state index in [1.165, 1.54) is 17.7 Å². The Hall–Kier alpha value is -4.11. The van der Waals surface area contributed by atoms with Crippen LogP contribution >= 0.6 is 0 Å². The summed E-state index contributed by atoms with van der Waals surface area (Å²) in [5.74, 6) is -0.900. The van der Waals surface area contributed by atoms with Crippen LogP contribution < -0.4 is 5.32 Å². The van der Waals surface area contributed by atoms with Crippen LogP contribution in [0.1, 0.15) is 49.1 Å². The van der Waals surface area contributed by atoms with Crippen molar-refractivity contribution in [2.75, 3.05) is 0 Å². The molecule has 0 saturated heterocycles. The Morgan fingerprint density at radius 3 is 2.08 bits per heavy atom. The topological polar surface area (TPSA) is 119 Å². The minimum atomic E-state index is -3.50. The van der Waals surface area contributed by atoms with Gasteiger partial charge in [0.05, 0.1) is 17.2 Å². The first-order chi connectivity index (χ1) is 18.9. The van der Waals surface area contributed by atoms with E-state index in [1.54, 1.807) is 36.4 Å². The molecule has 4 rings (SSSR count). The van der Waals surface area contributed by atoms with Gasteiger partial charge in [-0.3, -0.25) is 9.59 Å². The molecule has 1 heterocycles. The van der Waals surface area contributed by atoms with Gasteiger partial charge in [0.25, 0.3) is 5.91 Å². The van der Waals surface area contributed by atoms with Crippen molar-refractivity contribution in [3.63, 3.8) is 0 Å². The van der Waals surface area contributed by atoms with Crippen LogP contribution in [0.2, 0.25) is 0 Å². The molecule has 4 aromatic rings. The van der Waals surface area contributed by atoms with Gasteiger partial charge in [-0.05, 0) is 54.7 Å². The van der Waals surface area contributed by atoms with Gasteiger partial charge in [0.1, 0.15) is 0 Å². The highest BCUT2D eigenvalue weighted by Gasteiger charge is 2.18. The molecule has 1 aromatic heterocycles. The van der Waals surface area contributed by atoms with E-state index in [9.17, 15) is 18.0 Å². The third-order valence-corrected chi connectivity index (χ3v) is 7.95. The molecule has 0 bridgehead atoms. The average molecular weight is 546 g/mol. The van der Waals surface area contributed by atoms with Crippen molar-refractivity contribution >= 4 is 21.5 Å². The molecule has 0 aliphatic heterocycles. The number of ketones is 1. The molecular formula is C30H31N3O5S. The average Bonchev–Trinajstić information content (AvgIpc) is 3.43. The van der Waals surface area contributed by atoms with Gasteiger partial charge in [0, 0.05) is 12.0 Å². The van der Waals surface area contributed by atoms with Crippen LogP contribution in [0, 0.1) is 0 Å². The Balaban J connectivity index is 1.19. The Labute approximate surface area is 228 Å². The number of hydrogen-bond acceptors (Lipinski definition) is 7. The molecule has 0 saturated carbocycles. The number of carbonyl (C=O) groups excluding carboxylic acids is 2. The molecule has 0 aliphatic rings. The molecule has 0 spiro atoms. The fourth-order valence-electron chi connectivity index (χ4n) is 4.10. The Kier molecular flexibility index (Phi) is 9.74. The van der Waals surface area contributed by atoms with Gasteiger partial charge >= 0.3 is 0 Å². The van der Waals surface area contributed by atoms with Crippen LogP contribution in [0.5, 0.6) is 0 Å². The normalized spacial score (nSPS) is 11.3. The van der Waals surface area contributed by atoms with Crippen LogP contribution in [-0.4, -0.2) is 30.3 Å². The lowest BCUT2D eigenvalue weighted by molar-refractivity contribution is -0.138. The smallest absolute Gasteiger partial charge is 0.287 e. The van der Waals surface area contributed by atoms with Crippen molar-refractivity contribution in [2.45, 2.75) is 55.7 Å². The second-order valence-electron chi connectivity index (χ2n) is 9.28. The van der Waals surface area contributed by atoms with Crippen molar-refractivity contribution in [3.05, 3.63) is 102 Å². The van der Waals surface area contributed by atoms with Gasteiger partial charge in [0.15, 0.2) is 9.84 Å². The largest absolute Gasteiger partial charge is 0.419 e. The number of carbonyl (C=O) groups is 2. The quantitative estimate of drug-likeness (QED) is 0.173. The second-order valence-corrected chi connectivity index (χ2v) is 11.3. The predicted molar refractivity (Wildman–Crippen MR) is 147 cm³/mol. The maximum Gasteiger partial charge on any atom is 0.287 e. The Bertz CT molecular complexity index is 1470. The molecule has 9 heteroatoms. The maximum atomic E-state index is 12.7. The third-order valence-electron chi connectivity index (χ3n) is 6.24. The molecule has 0 unspecified atom stereocenters. The molecule has 39 heavy (non-hydrogen) atoms. The molecule has 3 aromatic carbocycles. The van der Waals surface area contributed by atoms with E-state index >= 15 is 0 Å². The van der Waals surface area contributed by atoms with E-state index in [-0.39, 0.29) is 35.4 Å². The molecule has 0 fully saturated rings. The van der Waals surface area contributed by atoms with Crippen molar-refractivity contribution in [2.24, 2.45) is 0 Å². The number of unbranched alkanes of at least 4 members (excludes halogenated alkanes) is 3. The van der Waals surface area contributed by atoms with Gasteiger partial charge in [-0.1, -0.05) is 73.5 Å². The summed E-state index contributed by atoms with van der Waals surface area (Å²) in [6.45, 7) is -0.0712. The highest BCUT2D eigenvalue weighted by molar-refractivity contribution is 7.90. The molecule has 8 nitrogen and oxygen atoms in total. The summed E-state index contributed by atoms with van der Waals surface area (Å²) in [6.07, 6.45) is 4.84. The highest BCUT2D eigenvalue weighted by Crippen LogP contribution is 2.22. The fraction of sp³-hybridized carbons (Fsp3) is 0.267. The lowest BCUT2D eigenvalue weighted by Gasteiger charge is -2.05. The van der Waals surface area contributed by atoms with Crippen molar-refractivity contribution < 1.29 is 22.4 Å². The maximum absolute atomic E-state index is 12.7. The van der Waals surface area contributed by atoms with E-state index in [0.717, 1.165) is 25.7 Å². The summed E-state index contributed by atoms with van der Waals surface area (Å²) < 4.78 is 31.0. The molecule has 1 N–H and O–H groups in total. The zero-order chi connectivity index (χ0) is 27.5. The van der Waals surface area contributed by atoms with Gasteiger partial charge in [0.2, 0.25) is 17.6 Å². The van der Waals surface area contributed by atoms with Gasteiger partial charge in [-0.2, -0.15) is 0 Å². The van der Waals surface area contributed by atoms with E-state index < -0.39 is 21.5 Å². The molecule has 202 valence electrons. The summed E-state index contributed by atoms with van der Waals surface area (Å²) in [7, 11) is -3.50. The Morgan fingerprint density at radius 2 is 1.38 bits per heavy atom. The fourth-order valence-corrected chi connectivity index (χ4v) is 5.45. The molecular weight excluding hydrogens is 514 g/mol. The zero-order valence-corrected chi connectivity index (χ0v) is 22.4. The number of aromatic nitrogens is 2. The third kappa shape index (κ3) is 8.44. The van der Waals surface area contributed by atoms with Crippen LogP contribution in [0.15, 0.2) is 94.2 Å². The van der Waals surface area contributed by atoms with E-state index in [4.69, 9.17) is 4.42 Å². The first kappa shape index (κ1) is 27.9. The lowest BCUT2D eigenvalue weighted by Crippen LogP contribution is -2.30. The number of sulfone groups is 1. The minimum absolute atomic E-state index is 0.0712. The monoisotopic (exact) mass is 545 g/mol.